The molecule has 0 amide bonds. The quantitative estimate of drug-likeness (QED) is 0.782. The summed E-state index contributed by atoms with van der Waals surface area (Å²) < 4.78 is 5.48. The van der Waals surface area contributed by atoms with Crippen LogP contribution in [0.2, 0.25) is 0 Å². The van der Waals surface area contributed by atoms with E-state index in [1.807, 2.05) is 0 Å². The fraction of sp³-hybridized carbons (Fsp3) is 1.00. The monoisotopic (exact) mass is 273 g/mol. The molecule has 1 fully saturated rings. The number of hydrogen-bond acceptors (Lipinski definition) is 4. The Labute approximate surface area is 118 Å². The molecule has 19 heavy (non-hydrogen) atoms. The Hall–Kier alpha value is -0.160. The molecular weight excluding hydrogens is 242 g/mol. The number of hydroxylamine groups is 2. The summed E-state index contributed by atoms with van der Waals surface area (Å²) in [6, 6.07) is 0.152. The van der Waals surface area contributed by atoms with Crippen molar-refractivity contribution >= 4 is 0 Å². The van der Waals surface area contributed by atoms with Crippen LogP contribution in [0.5, 0.6) is 0 Å². The second-order valence-electron chi connectivity index (χ2n) is 6.25. The van der Waals surface area contributed by atoms with Crippen molar-refractivity contribution in [1.29, 1.82) is 0 Å². The van der Waals surface area contributed by atoms with Crippen LogP contribution in [0, 0.1) is 11.8 Å². The van der Waals surface area contributed by atoms with Gasteiger partial charge in [-0.05, 0) is 19.3 Å². The molecule has 0 aliphatic carbocycles. The maximum Gasteiger partial charge on any atom is 0.171 e. The Balaban J connectivity index is 3.21. The molecule has 1 N–H and O–H groups in total. The van der Waals surface area contributed by atoms with Gasteiger partial charge in [0.15, 0.2) is 5.79 Å². The van der Waals surface area contributed by atoms with Gasteiger partial charge in [0.05, 0.1) is 7.11 Å². The minimum atomic E-state index is -1.08. The molecule has 0 aromatic rings. The highest BCUT2D eigenvalue weighted by molar-refractivity contribution is 5.02. The number of piperidine rings is 1. The maximum atomic E-state index is 10.8. The third-order valence-corrected chi connectivity index (χ3v) is 5.20. The largest absolute Gasteiger partial charge is 0.365 e. The summed E-state index contributed by atoms with van der Waals surface area (Å²) in [6.07, 6.45) is 2.52. The first-order valence-corrected chi connectivity index (χ1v) is 7.40. The van der Waals surface area contributed by atoms with Gasteiger partial charge >= 0.3 is 0 Å². The Kier molecular flexibility index (Phi) is 5.41. The van der Waals surface area contributed by atoms with Gasteiger partial charge in [-0.15, -0.1) is 0 Å². The molecule has 5 atom stereocenters. The summed E-state index contributed by atoms with van der Waals surface area (Å²) in [4.78, 5) is 5.71. The average Bonchev–Trinajstić information content (AvgIpc) is 2.41. The van der Waals surface area contributed by atoms with Gasteiger partial charge in [-0.2, -0.15) is 5.06 Å². The molecule has 1 saturated heterocycles. The minimum Gasteiger partial charge on any atom is -0.365 e. The van der Waals surface area contributed by atoms with Crippen LogP contribution in [-0.4, -0.2) is 41.8 Å². The van der Waals surface area contributed by atoms with Crippen molar-refractivity contribution < 1.29 is 14.7 Å². The van der Waals surface area contributed by atoms with Crippen LogP contribution in [0.4, 0.5) is 0 Å². The van der Waals surface area contributed by atoms with Crippen molar-refractivity contribution in [1.82, 2.24) is 5.06 Å². The lowest BCUT2D eigenvalue weighted by atomic mass is 9.71. The van der Waals surface area contributed by atoms with E-state index in [9.17, 15) is 5.11 Å². The molecule has 114 valence electrons. The molecule has 0 radical (unpaired) electrons. The first kappa shape index (κ1) is 16.9. The molecule has 0 aromatic carbocycles. The van der Waals surface area contributed by atoms with Gasteiger partial charge in [-0.1, -0.05) is 34.1 Å². The summed E-state index contributed by atoms with van der Waals surface area (Å²) in [5, 5.41) is 12.9. The van der Waals surface area contributed by atoms with Crippen LogP contribution < -0.4 is 0 Å². The third-order valence-electron chi connectivity index (χ3n) is 5.20. The van der Waals surface area contributed by atoms with E-state index >= 15 is 0 Å². The van der Waals surface area contributed by atoms with Gasteiger partial charge in [0.1, 0.15) is 0 Å². The SMILES string of the molecule is CCC(C)C1C(C)C(O)(OC)CC(C)(CC)N1OC. The zero-order chi connectivity index (χ0) is 14.8. The van der Waals surface area contributed by atoms with Crippen LogP contribution in [0.25, 0.3) is 0 Å². The van der Waals surface area contributed by atoms with Gasteiger partial charge in [-0.25, -0.2) is 0 Å². The van der Waals surface area contributed by atoms with Crippen molar-refractivity contribution in [2.24, 2.45) is 11.8 Å². The smallest absolute Gasteiger partial charge is 0.171 e. The Bertz CT molecular complexity index is 299. The molecule has 1 rings (SSSR count). The van der Waals surface area contributed by atoms with E-state index in [2.05, 4.69) is 39.7 Å². The van der Waals surface area contributed by atoms with Crippen LogP contribution in [0.3, 0.4) is 0 Å². The van der Waals surface area contributed by atoms with Crippen molar-refractivity contribution in [3.05, 3.63) is 0 Å². The summed E-state index contributed by atoms with van der Waals surface area (Å²) in [5.74, 6) is -0.636. The molecule has 4 nitrogen and oxygen atoms in total. The van der Waals surface area contributed by atoms with E-state index in [0.29, 0.717) is 12.3 Å². The predicted molar refractivity (Wildman–Crippen MR) is 76.5 cm³/mol. The number of ether oxygens (including phenoxy) is 1. The summed E-state index contributed by atoms with van der Waals surface area (Å²) in [7, 11) is 3.33. The number of nitrogens with zero attached hydrogens (tertiary/aromatic N) is 1. The van der Waals surface area contributed by atoms with Gasteiger partial charge in [0.2, 0.25) is 0 Å². The molecule has 4 heteroatoms. The molecule has 1 aliphatic heterocycles. The number of hydrogen-bond donors (Lipinski definition) is 1. The molecular formula is C15H31NO3. The van der Waals surface area contributed by atoms with Crippen LogP contribution in [-0.2, 0) is 9.57 Å². The standard InChI is InChI=1S/C15H31NO3/c1-8-11(3)13-12(4)15(17,18-6)10-14(5,9-2)16(13)19-7/h11-13,17H,8-10H2,1-7H3. The molecule has 5 unspecified atom stereocenters. The number of methoxy groups -OCH3 is 1. The second-order valence-corrected chi connectivity index (χ2v) is 6.25. The van der Waals surface area contributed by atoms with Gasteiger partial charge in [-0.3, -0.25) is 0 Å². The van der Waals surface area contributed by atoms with Gasteiger partial charge in [0.25, 0.3) is 0 Å². The third kappa shape index (κ3) is 2.82. The van der Waals surface area contributed by atoms with Crippen molar-refractivity contribution in [3.63, 3.8) is 0 Å². The van der Waals surface area contributed by atoms with E-state index in [1.165, 1.54) is 0 Å². The Morgan fingerprint density at radius 2 is 1.95 bits per heavy atom. The second kappa shape index (κ2) is 6.08. The lowest BCUT2D eigenvalue weighted by Gasteiger charge is -2.57. The van der Waals surface area contributed by atoms with Crippen LogP contribution in [0.15, 0.2) is 0 Å². The topological polar surface area (TPSA) is 41.9 Å². The zero-order valence-corrected chi connectivity index (χ0v) is 13.6. The molecule has 0 aromatic heterocycles. The van der Waals surface area contributed by atoms with Crippen LogP contribution >= 0.6 is 0 Å². The Morgan fingerprint density at radius 3 is 2.32 bits per heavy atom. The lowest BCUT2D eigenvalue weighted by Crippen LogP contribution is -2.67. The lowest BCUT2D eigenvalue weighted by molar-refractivity contribution is -0.346. The van der Waals surface area contributed by atoms with E-state index < -0.39 is 5.79 Å². The summed E-state index contributed by atoms with van der Waals surface area (Å²) >= 11 is 0. The first-order valence-electron chi connectivity index (χ1n) is 7.40. The highest BCUT2D eigenvalue weighted by Gasteiger charge is 2.55. The van der Waals surface area contributed by atoms with E-state index in [1.54, 1.807) is 14.2 Å². The average molecular weight is 273 g/mol. The molecule has 1 aliphatic rings. The zero-order valence-electron chi connectivity index (χ0n) is 13.6. The van der Waals surface area contributed by atoms with E-state index in [-0.39, 0.29) is 17.5 Å². The highest BCUT2D eigenvalue weighted by atomic mass is 16.7. The maximum absolute atomic E-state index is 10.8. The Morgan fingerprint density at radius 1 is 1.37 bits per heavy atom. The highest BCUT2D eigenvalue weighted by Crippen LogP contribution is 2.46. The van der Waals surface area contributed by atoms with Crippen molar-refractivity contribution in [2.45, 2.75) is 71.2 Å². The number of aliphatic hydroxyl groups is 1. The summed E-state index contributed by atoms with van der Waals surface area (Å²) in [6.45, 7) is 10.7. The normalized spacial score (nSPS) is 42.3. The summed E-state index contributed by atoms with van der Waals surface area (Å²) in [5.41, 5.74) is -0.208. The molecule has 0 bridgehead atoms. The van der Waals surface area contributed by atoms with E-state index in [4.69, 9.17) is 9.57 Å². The van der Waals surface area contributed by atoms with Gasteiger partial charge < -0.3 is 14.7 Å². The minimum absolute atomic E-state index is 0.00650. The van der Waals surface area contributed by atoms with Crippen molar-refractivity contribution in [3.8, 4) is 0 Å². The molecule has 0 saturated carbocycles. The van der Waals surface area contributed by atoms with Gasteiger partial charge in [0, 0.05) is 31.0 Å². The van der Waals surface area contributed by atoms with Crippen molar-refractivity contribution in [2.75, 3.05) is 14.2 Å². The first-order chi connectivity index (χ1) is 8.79. The fourth-order valence-corrected chi connectivity index (χ4v) is 3.46. The number of rotatable bonds is 5. The molecule has 0 spiro atoms. The predicted octanol–water partition coefficient (Wildman–Crippen LogP) is 2.81. The van der Waals surface area contributed by atoms with Crippen LogP contribution in [0.1, 0.15) is 53.9 Å². The fourth-order valence-electron chi connectivity index (χ4n) is 3.46. The van der Waals surface area contributed by atoms with E-state index in [0.717, 1.165) is 12.8 Å². The molecule has 1 heterocycles.